The Morgan fingerprint density at radius 2 is 1.88 bits per heavy atom. The molecule has 11 heteroatoms. The highest BCUT2D eigenvalue weighted by Crippen LogP contribution is 2.41. The zero-order chi connectivity index (χ0) is 24.6. The molecule has 1 aromatic carbocycles. The van der Waals surface area contributed by atoms with Crippen molar-refractivity contribution in [2.24, 2.45) is 0 Å². The Balaban J connectivity index is 1.55. The molecule has 5 rings (SSSR count). The van der Waals surface area contributed by atoms with Crippen LogP contribution in [0.25, 0.3) is 33.4 Å². The summed E-state index contributed by atoms with van der Waals surface area (Å²) >= 11 is 0. The zero-order valence-electron chi connectivity index (χ0n) is 18.9. The molecule has 2 N–H and O–H groups in total. The van der Waals surface area contributed by atoms with Crippen molar-refractivity contribution < 1.29 is 27.1 Å². The summed E-state index contributed by atoms with van der Waals surface area (Å²) in [5.74, 6) is -1.72. The minimum atomic E-state index is -4.75. The van der Waals surface area contributed by atoms with Crippen molar-refractivity contribution in [3.05, 3.63) is 36.4 Å². The van der Waals surface area contributed by atoms with Crippen LogP contribution in [0.4, 0.5) is 17.6 Å². The van der Waals surface area contributed by atoms with E-state index in [1.165, 1.54) is 6.07 Å². The first-order chi connectivity index (χ1) is 15.7. The van der Waals surface area contributed by atoms with Crippen molar-refractivity contribution in [1.29, 1.82) is 0 Å². The van der Waals surface area contributed by atoms with Crippen LogP contribution in [-0.2, 0) is 6.18 Å². The summed E-state index contributed by atoms with van der Waals surface area (Å²) in [7, 11) is 0. The number of aromatic nitrogens is 4. The maximum Gasteiger partial charge on any atom is 0.468 e. The van der Waals surface area contributed by atoms with Gasteiger partial charge in [0.1, 0.15) is 17.4 Å². The summed E-state index contributed by atoms with van der Waals surface area (Å²) in [6.07, 6.45) is -3.63. The van der Waals surface area contributed by atoms with Gasteiger partial charge in [0, 0.05) is 34.3 Å². The van der Waals surface area contributed by atoms with E-state index in [1.807, 2.05) is 27.7 Å². The third-order valence-electron chi connectivity index (χ3n) is 6.25. The third-order valence-corrected chi connectivity index (χ3v) is 6.25. The van der Waals surface area contributed by atoms with Crippen LogP contribution in [0.1, 0.15) is 46.0 Å². The number of hydrogen-bond donors (Lipinski definition) is 2. The highest BCUT2D eigenvalue weighted by molar-refractivity contribution is 5.87. The van der Waals surface area contributed by atoms with E-state index in [9.17, 15) is 18.3 Å². The van der Waals surface area contributed by atoms with Crippen LogP contribution >= 0.6 is 0 Å². The highest BCUT2D eigenvalue weighted by atomic mass is 19.4. The van der Waals surface area contributed by atoms with Crippen molar-refractivity contribution >= 4 is 22.1 Å². The van der Waals surface area contributed by atoms with E-state index < -0.39 is 29.8 Å². The molecule has 34 heavy (non-hydrogen) atoms. The predicted molar refractivity (Wildman–Crippen MR) is 117 cm³/mol. The lowest BCUT2D eigenvalue weighted by Gasteiger charge is -2.49. The van der Waals surface area contributed by atoms with Crippen molar-refractivity contribution in [1.82, 2.24) is 25.1 Å². The molecule has 0 amide bonds. The van der Waals surface area contributed by atoms with Crippen LogP contribution in [0.3, 0.4) is 0 Å². The highest BCUT2D eigenvalue weighted by Gasteiger charge is 2.47. The van der Waals surface area contributed by atoms with Gasteiger partial charge in [0.25, 0.3) is 0 Å². The van der Waals surface area contributed by atoms with E-state index in [0.29, 0.717) is 17.5 Å². The molecule has 0 aliphatic carbocycles. The Morgan fingerprint density at radius 1 is 1.15 bits per heavy atom. The number of oxazole rings is 1. The number of phenols is 1. The van der Waals surface area contributed by atoms with Gasteiger partial charge < -0.3 is 19.4 Å². The number of phenolic OH excluding ortho intramolecular Hbond substituents is 1. The first kappa shape index (κ1) is 22.6. The number of aromatic hydroxyl groups is 1. The Bertz CT molecular complexity index is 1410. The molecule has 0 radical (unpaired) electrons. The molecule has 180 valence electrons. The summed E-state index contributed by atoms with van der Waals surface area (Å²) in [6, 6.07) is 5.29. The Hall–Kier alpha value is -3.21. The maximum absolute atomic E-state index is 15.4. The van der Waals surface area contributed by atoms with Gasteiger partial charge in [-0.15, -0.1) is 10.2 Å². The molecule has 7 nitrogen and oxygen atoms in total. The van der Waals surface area contributed by atoms with Crippen LogP contribution < -0.4 is 5.32 Å². The van der Waals surface area contributed by atoms with Crippen molar-refractivity contribution in [2.45, 2.75) is 63.6 Å². The van der Waals surface area contributed by atoms with Gasteiger partial charge >= 0.3 is 12.1 Å². The molecule has 1 saturated heterocycles. The lowest BCUT2D eigenvalue weighted by Crippen LogP contribution is -2.64. The van der Waals surface area contributed by atoms with Gasteiger partial charge in [0.2, 0.25) is 0 Å². The van der Waals surface area contributed by atoms with Gasteiger partial charge in [-0.1, -0.05) is 0 Å². The minimum Gasteiger partial charge on any atom is -0.507 e. The molecule has 0 bridgehead atoms. The number of halogens is 4. The lowest BCUT2D eigenvalue weighted by molar-refractivity contribution is -0.156. The normalized spacial score (nSPS) is 22.5. The van der Waals surface area contributed by atoms with Crippen LogP contribution in [0.5, 0.6) is 5.75 Å². The Labute approximate surface area is 191 Å². The molecule has 0 unspecified atom stereocenters. The zero-order valence-corrected chi connectivity index (χ0v) is 18.9. The van der Waals surface area contributed by atoms with Gasteiger partial charge in [-0.3, -0.25) is 0 Å². The number of benzene rings is 1. The first-order valence-corrected chi connectivity index (χ1v) is 10.7. The summed E-state index contributed by atoms with van der Waals surface area (Å²) in [4.78, 5) is 3.47. The van der Waals surface area contributed by atoms with Gasteiger partial charge in [-0.2, -0.15) is 13.2 Å². The standard InChI is InChI=1S/C23H23F4N5O2/c1-21(2)10-15(18(24)22(3,4)31-21)32-6-5-11-7-13(29-30-19(11)32)12-8-14-17(9-16(12)33)34-20(28-14)23(25,26)27/h5-9,15,18,31,33H,10H2,1-4H3/t15-,18-/m0/s1. The fraction of sp³-hybridized carbons (Fsp3) is 0.435. The second-order valence-electron chi connectivity index (χ2n) is 9.99. The molecule has 2 atom stereocenters. The average Bonchev–Trinajstić information content (AvgIpc) is 3.32. The lowest BCUT2D eigenvalue weighted by atomic mass is 9.78. The number of fused-ring (bicyclic) bond motifs is 2. The monoisotopic (exact) mass is 477 g/mol. The van der Waals surface area contributed by atoms with Crippen LogP contribution in [0.2, 0.25) is 0 Å². The fourth-order valence-corrected chi connectivity index (χ4v) is 4.98. The van der Waals surface area contributed by atoms with Gasteiger partial charge in [-0.25, -0.2) is 9.37 Å². The summed E-state index contributed by atoms with van der Waals surface area (Å²) < 4.78 is 60.7. The van der Waals surface area contributed by atoms with Crippen LogP contribution in [0, 0.1) is 0 Å². The molecule has 1 fully saturated rings. The van der Waals surface area contributed by atoms with E-state index in [-0.39, 0.29) is 33.6 Å². The van der Waals surface area contributed by atoms with Crippen LogP contribution in [-0.4, -0.2) is 42.1 Å². The second-order valence-corrected chi connectivity index (χ2v) is 9.99. The molecule has 0 saturated carbocycles. The molecule has 0 spiro atoms. The summed E-state index contributed by atoms with van der Waals surface area (Å²) in [5, 5.41) is 22.9. The molecular weight excluding hydrogens is 454 g/mol. The van der Waals surface area contributed by atoms with E-state index in [1.54, 1.807) is 22.9 Å². The van der Waals surface area contributed by atoms with Crippen molar-refractivity contribution in [2.75, 3.05) is 0 Å². The molecular formula is C23H23F4N5O2. The maximum atomic E-state index is 15.4. The van der Waals surface area contributed by atoms with Crippen molar-refractivity contribution in [3.63, 3.8) is 0 Å². The smallest absolute Gasteiger partial charge is 0.468 e. The van der Waals surface area contributed by atoms with Gasteiger partial charge in [0.15, 0.2) is 11.2 Å². The van der Waals surface area contributed by atoms with E-state index >= 15 is 4.39 Å². The molecule has 4 heterocycles. The number of nitrogens with zero attached hydrogens (tertiary/aromatic N) is 4. The Morgan fingerprint density at radius 3 is 2.59 bits per heavy atom. The molecule has 4 aromatic rings. The van der Waals surface area contributed by atoms with E-state index in [4.69, 9.17) is 4.42 Å². The molecule has 1 aliphatic rings. The first-order valence-electron chi connectivity index (χ1n) is 10.7. The molecule has 3 aromatic heterocycles. The second kappa shape index (κ2) is 7.14. The quantitative estimate of drug-likeness (QED) is 0.376. The summed E-state index contributed by atoms with van der Waals surface area (Å²) in [6.45, 7) is 7.70. The number of nitrogens with one attached hydrogen (secondary N) is 1. The largest absolute Gasteiger partial charge is 0.507 e. The summed E-state index contributed by atoms with van der Waals surface area (Å²) in [5.41, 5.74) is -0.434. The van der Waals surface area contributed by atoms with E-state index in [2.05, 4.69) is 20.5 Å². The van der Waals surface area contributed by atoms with Gasteiger partial charge in [0.05, 0.1) is 11.7 Å². The number of piperidine rings is 1. The fourth-order valence-electron chi connectivity index (χ4n) is 4.98. The number of rotatable bonds is 2. The Kier molecular flexibility index (Phi) is 4.74. The minimum absolute atomic E-state index is 0.0703. The SMILES string of the molecule is CC1(C)C[C@H](n2ccc3cc(-c4cc5nc(C(F)(F)F)oc5cc4O)nnc32)[C@H](F)C(C)(C)N1. The van der Waals surface area contributed by atoms with E-state index in [0.717, 1.165) is 6.07 Å². The predicted octanol–water partition coefficient (Wildman–Crippen LogP) is 5.39. The van der Waals surface area contributed by atoms with Crippen LogP contribution in [0.15, 0.2) is 34.9 Å². The number of hydrogen-bond acceptors (Lipinski definition) is 6. The third kappa shape index (κ3) is 3.67. The van der Waals surface area contributed by atoms with Crippen molar-refractivity contribution in [3.8, 4) is 17.0 Å². The van der Waals surface area contributed by atoms with Gasteiger partial charge in [-0.05, 0) is 52.3 Å². The molecule has 1 aliphatic heterocycles. The topological polar surface area (TPSA) is 89.0 Å². The average molecular weight is 477 g/mol. The number of alkyl halides is 4.